The highest BCUT2D eigenvalue weighted by molar-refractivity contribution is 7.98. The first-order valence-electron chi connectivity index (χ1n) is 7.42. The average Bonchev–Trinajstić information content (AvgIpc) is 2.95. The molecule has 0 saturated carbocycles. The summed E-state index contributed by atoms with van der Waals surface area (Å²) < 4.78 is 5.75. The van der Waals surface area contributed by atoms with Gasteiger partial charge in [0.1, 0.15) is 16.6 Å². The van der Waals surface area contributed by atoms with Crippen LogP contribution in [0.5, 0.6) is 5.75 Å². The summed E-state index contributed by atoms with van der Waals surface area (Å²) >= 11 is 1.68. The molecule has 0 spiro atoms. The highest BCUT2D eigenvalue weighted by atomic mass is 35.5. The third kappa shape index (κ3) is 4.18. The van der Waals surface area contributed by atoms with Crippen molar-refractivity contribution in [3.8, 4) is 5.75 Å². The van der Waals surface area contributed by atoms with E-state index in [0.717, 1.165) is 52.0 Å². The van der Waals surface area contributed by atoms with Gasteiger partial charge in [-0.2, -0.15) is 0 Å². The van der Waals surface area contributed by atoms with Crippen LogP contribution in [0.1, 0.15) is 24.7 Å². The number of fused-ring (bicyclic) bond motifs is 1. The van der Waals surface area contributed by atoms with E-state index in [-0.39, 0.29) is 12.4 Å². The number of halogens is 1. The number of nitrogens with zero attached hydrogens (tertiary/aromatic N) is 2. The number of H-pyrrole nitrogens is 1. The van der Waals surface area contributed by atoms with Gasteiger partial charge in [0.2, 0.25) is 0 Å². The Morgan fingerprint density at radius 3 is 2.83 bits per heavy atom. The number of pyridine rings is 1. The van der Waals surface area contributed by atoms with E-state index < -0.39 is 0 Å². The number of ether oxygens (including phenoxy) is 1. The number of aromatic amines is 1. The number of rotatable bonds is 6. The lowest BCUT2D eigenvalue weighted by atomic mass is 10.3. The smallest absolute Gasteiger partial charge is 0.126 e. The van der Waals surface area contributed by atoms with Gasteiger partial charge in [0.15, 0.2) is 0 Å². The second kappa shape index (κ2) is 8.22. The standard InChI is InChI=1S/C17H19N3OS.ClH/c1-3-10-21-15-8-9-18-17(12(15)2)22-11-16-19-13-6-4-5-7-14(13)20-16;/h4-9H,3,10-11H2,1-2H3,(H,19,20);1H. The van der Waals surface area contributed by atoms with Crippen LogP contribution in [-0.2, 0) is 5.75 Å². The number of hydrogen-bond acceptors (Lipinski definition) is 4. The molecule has 3 aromatic rings. The summed E-state index contributed by atoms with van der Waals surface area (Å²) in [6.07, 6.45) is 2.81. The fourth-order valence-corrected chi connectivity index (χ4v) is 3.09. The van der Waals surface area contributed by atoms with E-state index in [0.29, 0.717) is 0 Å². The van der Waals surface area contributed by atoms with E-state index >= 15 is 0 Å². The summed E-state index contributed by atoms with van der Waals surface area (Å²) in [5.41, 5.74) is 3.17. The van der Waals surface area contributed by atoms with Gasteiger partial charge in [-0.05, 0) is 31.5 Å². The maximum atomic E-state index is 5.75. The molecule has 0 aliphatic heterocycles. The molecule has 6 heteroatoms. The van der Waals surface area contributed by atoms with Crippen LogP contribution < -0.4 is 4.74 Å². The van der Waals surface area contributed by atoms with Crippen molar-refractivity contribution in [1.29, 1.82) is 0 Å². The van der Waals surface area contributed by atoms with Crippen LogP contribution in [0.2, 0.25) is 0 Å². The predicted molar refractivity (Wildman–Crippen MR) is 97.7 cm³/mol. The zero-order valence-corrected chi connectivity index (χ0v) is 14.8. The van der Waals surface area contributed by atoms with Gasteiger partial charge in [-0.1, -0.05) is 30.8 Å². The maximum absolute atomic E-state index is 5.75. The number of imidazole rings is 1. The van der Waals surface area contributed by atoms with Crippen molar-refractivity contribution in [2.75, 3.05) is 6.61 Å². The molecule has 2 aromatic heterocycles. The molecule has 1 N–H and O–H groups in total. The summed E-state index contributed by atoms with van der Waals surface area (Å²) in [6, 6.07) is 10.00. The Bertz CT molecular complexity index is 742. The molecule has 1 aromatic carbocycles. The largest absolute Gasteiger partial charge is 0.493 e. The molecule has 23 heavy (non-hydrogen) atoms. The number of thioether (sulfide) groups is 1. The van der Waals surface area contributed by atoms with Crippen molar-refractivity contribution < 1.29 is 4.74 Å². The lowest BCUT2D eigenvalue weighted by Crippen LogP contribution is -1.99. The average molecular weight is 350 g/mol. The van der Waals surface area contributed by atoms with E-state index in [1.807, 2.05) is 30.3 Å². The van der Waals surface area contributed by atoms with Crippen LogP contribution >= 0.6 is 24.2 Å². The number of para-hydroxylation sites is 2. The number of hydrogen-bond donors (Lipinski definition) is 1. The first kappa shape index (κ1) is 17.6. The summed E-state index contributed by atoms with van der Waals surface area (Å²) in [4.78, 5) is 12.4. The Morgan fingerprint density at radius 2 is 2.04 bits per heavy atom. The quantitative estimate of drug-likeness (QED) is 0.651. The van der Waals surface area contributed by atoms with E-state index in [1.165, 1.54) is 0 Å². The maximum Gasteiger partial charge on any atom is 0.126 e. The van der Waals surface area contributed by atoms with Crippen molar-refractivity contribution >= 4 is 35.2 Å². The Balaban J connectivity index is 0.00000192. The second-order valence-corrected chi connectivity index (χ2v) is 6.04. The summed E-state index contributed by atoms with van der Waals surface area (Å²) in [7, 11) is 0. The van der Waals surface area contributed by atoms with Gasteiger partial charge in [-0.3, -0.25) is 0 Å². The van der Waals surface area contributed by atoms with Crippen LogP contribution in [0.4, 0.5) is 0 Å². The SMILES string of the molecule is CCCOc1ccnc(SCc2nc3ccccc3[nH]2)c1C.Cl. The van der Waals surface area contributed by atoms with Gasteiger partial charge >= 0.3 is 0 Å². The van der Waals surface area contributed by atoms with Gasteiger partial charge in [0.25, 0.3) is 0 Å². The third-order valence-corrected chi connectivity index (χ3v) is 4.46. The molecule has 3 rings (SSSR count). The van der Waals surface area contributed by atoms with Crippen molar-refractivity contribution in [2.24, 2.45) is 0 Å². The van der Waals surface area contributed by atoms with Crippen molar-refractivity contribution in [2.45, 2.75) is 31.0 Å². The van der Waals surface area contributed by atoms with Crippen molar-refractivity contribution in [3.05, 3.63) is 47.9 Å². The Hall–Kier alpha value is -1.72. The molecule has 122 valence electrons. The van der Waals surface area contributed by atoms with Crippen LogP contribution in [0, 0.1) is 6.92 Å². The first-order chi connectivity index (χ1) is 10.8. The Morgan fingerprint density at radius 1 is 1.22 bits per heavy atom. The van der Waals surface area contributed by atoms with E-state index in [4.69, 9.17) is 4.74 Å². The molecule has 2 heterocycles. The fraction of sp³-hybridized carbons (Fsp3) is 0.294. The van der Waals surface area contributed by atoms with Gasteiger partial charge in [-0.25, -0.2) is 9.97 Å². The Labute approximate surface area is 146 Å². The molecule has 0 aliphatic carbocycles. The minimum atomic E-state index is 0. The zero-order valence-electron chi connectivity index (χ0n) is 13.2. The lowest BCUT2D eigenvalue weighted by Gasteiger charge is -2.10. The summed E-state index contributed by atoms with van der Waals surface area (Å²) in [6.45, 7) is 4.89. The van der Waals surface area contributed by atoms with Crippen LogP contribution in [-0.4, -0.2) is 21.6 Å². The molecule has 0 fully saturated rings. The van der Waals surface area contributed by atoms with Gasteiger partial charge < -0.3 is 9.72 Å². The van der Waals surface area contributed by atoms with Crippen molar-refractivity contribution in [1.82, 2.24) is 15.0 Å². The molecule has 0 amide bonds. The minimum absolute atomic E-state index is 0. The summed E-state index contributed by atoms with van der Waals surface area (Å²) in [5.74, 6) is 2.65. The third-order valence-electron chi connectivity index (χ3n) is 3.35. The second-order valence-electron chi connectivity index (χ2n) is 5.08. The molecular formula is C17H20ClN3OS. The molecule has 0 aliphatic rings. The first-order valence-corrected chi connectivity index (χ1v) is 8.41. The Kier molecular flexibility index (Phi) is 6.30. The molecule has 4 nitrogen and oxygen atoms in total. The van der Waals surface area contributed by atoms with Crippen LogP contribution in [0.25, 0.3) is 11.0 Å². The van der Waals surface area contributed by atoms with E-state index in [1.54, 1.807) is 18.0 Å². The van der Waals surface area contributed by atoms with Crippen molar-refractivity contribution in [3.63, 3.8) is 0 Å². The topological polar surface area (TPSA) is 50.8 Å². The molecule has 0 saturated heterocycles. The van der Waals surface area contributed by atoms with Gasteiger partial charge in [-0.15, -0.1) is 12.4 Å². The number of nitrogens with one attached hydrogen (secondary N) is 1. The highest BCUT2D eigenvalue weighted by Crippen LogP contribution is 2.29. The monoisotopic (exact) mass is 349 g/mol. The van der Waals surface area contributed by atoms with Crippen LogP contribution in [0.15, 0.2) is 41.6 Å². The highest BCUT2D eigenvalue weighted by Gasteiger charge is 2.09. The molecule has 0 bridgehead atoms. The van der Waals surface area contributed by atoms with E-state index in [9.17, 15) is 0 Å². The minimum Gasteiger partial charge on any atom is -0.493 e. The van der Waals surface area contributed by atoms with Gasteiger partial charge in [0.05, 0.1) is 23.4 Å². The van der Waals surface area contributed by atoms with Gasteiger partial charge in [0, 0.05) is 11.8 Å². The molecular weight excluding hydrogens is 330 g/mol. The molecule has 0 atom stereocenters. The fourth-order valence-electron chi connectivity index (χ4n) is 2.22. The number of aromatic nitrogens is 3. The normalized spacial score (nSPS) is 10.5. The molecule has 0 unspecified atom stereocenters. The van der Waals surface area contributed by atoms with E-state index in [2.05, 4.69) is 28.8 Å². The zero-order chi connectivity index (χ0) is 15.4. The number of benzene rings is 1. The lowest BCUT2D eigenvalue weighted by molar-refractivity contribution is 0.314. The van der Waals surface area contributed by atoms with Crippen LogP contribution in [0.3, 0.4) is 0 Å². The molecule has 0 radical (unpaired) electrons. The predicted octanol–water partition coefficient (Wildman–Crippen LogP) is 4.77. The summed E-state index contributed by atoms with van der Waals surface area (Å²) in [5, 5.41) is 0.994.